The number of fused-ring (bicyclic) bond motifs is 2. The van der Waals surface area contributed by atoms with E-state index in [0.717, 1.165) is 0 Å². The van der Waals surface area contributed by atoms with Crippen LogP contribution in [0.15, 0.2) is 48.5 Å². The van der Waals surface area contributed by atoms with Crippen molar-refractivity contribution in [3.05, 3.63) is 48.5 Å². The number of hydrogen-bond acceptors (Lipinski definition) is 2. The Morgan fingerprint density at radius 1 is 0.550 bits per heavy atom. The van der Waals surface area contributed by atoms with Gasteiger partial charge in [0, 0.05) is 12.1 Å². The second-order valence-corrected chi connectivity index (χ2v) is 5.90. The molecule has 0 atom stereocenters. The molecule has 0 saturated carbocycles. The molecule has 0 unspecified atom stereocenters. The number of hydrogen-bond donors (Lipinski definition) is 0. The fourth-order valence-electron chi connectivity index (χ4n) is 3.12. The van der Waals surface area contributed by atoms with Crippen LogP contribution in [0.25, 0.3) is 0 Å². The summed E-state index contributed by atoms with van der Waals surface area (Å²) in [5, 5.41) is 0. The number of benzene rings is 2. The van der Waals surface area contributed by atoms with Gasteiger partial charge in [-0.1, -0.05) is 24.3 Å². The third-order valence-electron chi connectivity index (χ3n) is 3.83. The first-order valence-corrected chi connectivity index (χ1v) is 7.37. The van der Waals surface area contributed by atoms with E-state index in [4.69, 9.17) is 0 Å². The highest BCUT2D eigenvalue weighted by atomic mass is 15.3. The van der Waals surface area contributed by atoms with E-state index in [-0.39, 0.29) is 0 Å². The van der Waals surface area contributed by atoms with Crippen molar-refractivity contribution in [1.29, 1.82) is 0 Å². The van der Waals surface area contributed by atoms with E-state index < -0.39 is 0 Å². The molecule has 1 aliphatic rings. The minimum absolute atomic E-state index is 0.437. The molecule has 0 aromatic heterocycles. The predicted octanol–water partition coefficient (Wildman–Crippen LogP) is 5.09. The number of rotatable bonds is 2. The second-order valence-electron chi connectivity index (χ2n) is 5.90. The van der Waals surface area contributed by atoms with Gasteiger partial charge in [0.2, 0.25) is 0 Å². The van der Waals surface area contributed by atoms with Crippen molar-refractivity contribution in [3.63, 3.8) is 0 Å². The lowest BCUT2D eigenvalue weighted by molar-refractivity contribution is 0.743. The van der Waals surface area contributed by atoms with Gasteiger partial charge in [0.25, 0.3) is 0 Å². The van der Waals surface area contributed by atoms with Crippen molar-refractivity contribution in [3.8, 4) is 0 Å². The van der Waals surface area contributed by atoms with Crippen molar-refractivity contribution in [1.82, 2.24) is 0 Å². The molecule has 1 aliphatic heterocycles. The van der Waals surface area contributed by atoms with E-state index in [2.05, 4.69) is 86.0 Å². The van der Waals surface area contributed by atoms with Gasteiger partial charge >= 0.3 is 0 Å². The molecule has 0 N–H and O–H groups in total. The van der Waals surface area contributed by atoms with E-state index in [1.54, 1.807) is 0 Å². The summed E-state index contributed by atoms with van der Waals surface area (Å²) in [4.78, 5) is 4.87. The molecule has 20 heavy (non-hydrogen) atoms. The highest BCUT2D eigenvalue weighted by molar-refractivity contribution is 5.93. The lowest BCUT2D eigenvalue weighted by Gasteiger charge is -2.43. The zero-order chi connectivity index (χ0) is 14.3. The van der Waals surface area contributed by atoms with Gasteiger partial charge in [0.05, 0.1) is 22.7 Å². The zero-order valence-corrected chi connectivity index (χ0v) is 12.7. The smallest absolute Gasteiger partial charge is 0.0655 e. The van der Waals surface area contributed by atoms with Gasteiger partial charge in [-0.05, 0) is 52.0 Å². The van der Waals surface area contributed by atoms with Crippen LogP contribution in [0.5, 0.6) is 0 Å². The van der Waals surface area contributed by atoms with Crippen molar-refractivity contribution >= 4 is 22.7 Å². The summed E-state index contributed by atoms with van der Waals surface area (Å²) in [5.41, 5.74) is 5.20. The molecule has 0 radical (unpaired) electrons. The van der Waals surface area contributed by atoms with Crippen LogP contribution in [-0.2, 0) is 0 Å². The van der Waals surface area contributed by atoms with Crippen LogP contribution in [-0.4, -0.2) is 12.1 Å². The average Bonchev–Trinajstić information content (AvgIpc) is 2.43. The molecule has 0 aliphatic carbocycles. The fourth-order valence-corrected chi connectivity index (χ4v) is 3.12. The highest BCUT2D eigenvalue weighted by Crippen LogP contribution is 2.49. The first-order valence-electron chi connectivity index (χ1n) is 7.37. The molecule has 3 rings (SSSR count). The summed E-state index contributed by atoms with van der Waals surface area (Å²) in [5.74, 6) is 0. The number of nitrogens with zero attached hydrogens (tertiary/aromatic N) is 2. The first-order chi connectivity index (χ1) is 9.61. The SMILES string of the molecule is CC(C)N1c2ccccc2N(C(C)C)c2ccccc21. The molecule has 104 valence electrons. The number of anilines is 4. The third kappa shape index (κ3) is 1.87. The quantitative estimate of drug-likeness (QED) is 0.746. The van der Waals surface area contributed by atoms with E-state index >= 15 is 0 Å². The van der Waals surface area contributed by atoms with Crippen molar-refractivity contribution in [2.75, 3.05) is 9.80 Å². The van der Waals surface area contributed by atoms with Crippen LogP contribution in [0.4, 0.5) is 22.7 Å². The minimum atomic E-state index is 0.437. The van der Waals surface area contributed by atoms with Crippen LogP contribution < -0.4 is 9.80 Å². The first kappa shape index (κ1) is 13.0. The molecule has 2 heteroatoms. The Morgan fingerprint density at radius 3 is 1.00 bits per heavy atom. The normalized spacial score (nSPS) is 13.7. The molecule has 0 fully saturated rings. The summed E-state index contributed by atoms with van der Waals surface area (Å²) in [6.45, 7) is 8.99. The maximum Gasteiger partial charge on any atom is 0.0655 e. The molecule has 1 heterocycles. The third-order valence-corrected chi connectivity index (χ3v) is 3.83. The number of para-hydroxylation sites is 4. The minimum Gasteiger partial charge on any atom is -0.336 e. The summed E-state index contributed by atoms with van der Waals surface area (Å²) in [6, 6.07) is 18.3. The summed E-state index contributed by atoms with van der Waals surface area (Å²) in [6.07, 6.45) is 0. The van der Waals surface area contributed by atoms with Crippen molar-refractivity contribution < 1.29 is 0 Å². The van der Waals surface area contributed by atoms with Crippen LogP contribution in [0.1, 0.15) is 27.7 Å². The lowest BCUT2D eigenvalue weighted by atomic mass is 10.0. The molecular weight excluding hydrogens is 244 g/mol. The molecular formula is C18H22N2. The molecule has 2 aromatic rings. The molecule has 0 bridgehead atoms. The standard InChI is InChI=1S/C18H22N2/c1-13(2)19-15-9-5-7-11-17(15)20(14(3)4)18-12-8-6-10-16(18)19/h5-14H,1-4H3. The molecule has 2 aromatic carbocycles. The Bertz CT molecular complexity index is 515. The largest absolute Gasteiger partial charge is 0.336 e. The Kier molecular flexibility index (Phi) is 3.17. The molecule has 2 nitrogen and oxygen atoms in total. The Hall–Kier alpha value is -1.96. The lowest BCUT2D eigenvalue weighted by Crippen LogP contribution is -2.36. The van der Waals surface area contributed by atoms with E-state index in [1.807, 2.05) is 0 Å². The maximum absolute atomic E-state index is 2.43. The summed E-state index contributed by atoms with van der Waals surface area (Å²) >= 11 is 0. The zero-order valence-electron chi connectivity index (χ0n) is 12.7. The van der Waals surface area contributed by atoms with E-state index in [9.17, 15) is 0 Å². The Morgan fingerprint density at radius 2 is 0.800 bits per heavy atom. The second kappa shape index (κ2) is 4.86. The molecule has 0 amide bonds. The fraction of sp³-hybridized carbons (Fsp3) is 0.333. The van der Waals surface area contributed by atoms with Crippen molar-refractivity contribution in [2.45, 2.75) is 39.8 Å². The van der Waals surface area contributed by atoms with Gasteiger partial charge in [-0.3, -0.25) is 0 Å². The van der Waals surface area contributed by atoms with Crippen LogP contribution >= 0.6 is 0 Å². The van der Waals surface area contributed by atoms with E-state index in [0.29, 0.717) is 12.1 Å². The van der Waals surface area contributed by atoms with Gasteiger partial charge in [0.1, 0.15) is 0 Å². The Labute approximate surface area is 121 Å². The molecule has 0 spiro atoms. The molecule has 0 saturated heterocycles. The highest BCUT2D eigenvalue weighted by Gasteiger charge is 2.30. The van der Waals surface area contributed by atoms with Gasteiger partial charge in [-0.15, -0.1) is 0 Å². The predicted molar refractivity (Wildman–Crippen MR) is 87.4 cm³/mol. The van der Waals surface area contributed by atoms with Crippen LogP contribution in [0, 0.1) is 0 Å². The topological polar surface area (TPSA) is 6.48 Å². The van der Waals surface area contributed by atoms with Crippen LogP contribution in [0.3, 0.4) is 0 Å². The summed E-state index contributed by atoms with van der Waals surface area (Å²) in [7, 11) is 0. The van der Waals surface area contributed by atoms with Crippen molar-refractivity contribution in [2.24, 2.45) is 0 Å². The van der Waals surface area contributed by atoms with Gasteiger partial charge < -0.3 is 9.80 Å². The maximum atomic E-state index is 2.43. The summed E-state index contributed by atoms with van der Waals surface area (Å²) < 4.78 is 0. The Balaban J connectivity index is 2.28. The van der Waals surface area contributed by atoms with Gasteiger partial charge in [-0.2, -0.15) is 0 Å². The average molecular weight is 266 g/mol. The van der Waals surface area contributed by atoms with Crippen LogP contribution in [0.2, 0.25) is 0 Å². The van der Waals surface area contributed by atoms with Gasteiger partial charge in [-0.25, -0.2) is 0 Å². The monoisotopic (exact) mass is 266 g/mol. The van der Waals surface area contributed by atoms with Gasteiger partial charge in [0.15, 0.2) is 0 Å². The van der Waals surface area contributed by atoms with E-state index in [1.165, 1.54) is 22.7 Å².